The molecular formula is C16H16ClNO6. The van der Waals surface area contributed by atoms with Crippen molar-refractivity contribution in [2.75, 3.05) is 20.3 Å². The van der Waals surface area contributed by atoms with Crippen LogP contribution in [0.2, 0.25) is 5.02 Å². The summed E-state index contributed by atoms with van der Waals surface area (Å²) in [6.45, 7) is 0.711. The van der Waals surface area contributed by atoms with Gasteiger partial charge in [-0.05, 0) is 30.3 Å². The Bertz CT molecular complexity index is 727. The van der Waals surface area contributed by atoms with Crippen molar-refractivity contribution < 1.29 is 28.6 Å². The third kappa shape index (κ3) is 4.74. The van der Waals surface area contributed by atoms with E-state index < -0.39 is 11.9 Å². The molecule has 0 radical (unpaired) electrons. The minimum atomic E-state index is -1.17. The topological polar surface area (TPSA) is 98.0 Å². The molecule has 1 heterocycles. The van der Waals surface area contributed by atoms with Crippen molar-refractivity contribution >= 4 is 23.5 Å². The number of carboxylic acids is 1. The molecule has 0 atom stereocenters. The average Bonchev–Trinajstić information content (AvgIpc) is 3.03. The Morgan fingerprint density at radius 2 is 2.04 bits per heavy atom. The number of benzene rings is 1. The van der Waals surface area contributed by atoms with E-state index in [1.54, 1.807) is 19.2 Å². The molecule has 0 saturated heterocycles. The van der Waals surface area contributed by atoms with Crippen molar-refractivity contribution in [1.82, 2.24) is 5.32 Å². The number of carbonyl (C=O) groups is 2. The summed E-state index contributed by atoms with van der Waals surface area (Å²) in [5, 5.41) is 11.8. The Morgan fingerprint density at radius 1 is 1.25 bits per heavy atom. The summed E-state index contributed by atoms with van der Waals surface area (Å²) in [4.78, 5) is 23.1. The molecule has 1 aromatic carbocycles. The van der Waals surface area contributed by atoms with Crippen LogP contribution in [0.15, 0.2) is 34.7 Å². The second-order valence-corrected chi connectivity index (χ2v) is 5.17. The number of methoxy groups -OCH3 is 1. The summed E-state index contributed by atoms with van der Waals surface area (Å²) in [6, 6.07) is 7.51. The number of hydrogen-bond acceptors (Lipinski definition) is 5. The molecule has 1 aromatic heterocycles. The molecule has 0 saturated carbocycles. The number of nitrogens with one attached hydrogen (secondary N) is 1. The van der Waals surface area contributed by atoms with Gasteiger partial charge in [0.05, 0.1) is 18.7 Å². The number of carboxylic acid groups (broad SMARTS) is 1. The van der Waals surface area contributed by atoms with Crippen LogP contribution in [0.1, 0.15) is 26.7 Å². The molecule has 0 aliphatic carbocycles. The van der Waals surface area contributed by atoms with Crippen LogP contribution in [0.4, 0.5) is 0 Å². The van der Waals surface area contributed by atoms with E-state index in [0.717, 1.165) is 0 Å². The highest BCUT2D eigenvalue weighted by Crippen LogP contribution is 2.23. The number of halogens is 1. The van der Waals surface area contributed by atoms with Crippen LogP contribution in [0.5, 0.6) is 5.75 Å². The normalized spacial score (nSPS) is 10.4. The Balaban J connectivity index is 2.04. The molecule has 1 amide bonds. The summed E-state index contributed by atoms with van der Waals surface area (Å²) in [5.74, 6) is -1.08. The smallest absolute Gasteiger partial charge is 0.371 e. The standard InChI is InChI=1S/C16H16ClNO6/c1-22-6-7-23-13-4-2-10(17)8-12(13)15(19)18-9-11-3-5-14(24-11)16(20)21/h2-5,8H,6-7,9H2,1H3,(H,18,19)(H,20,21). The maximum absolute atomic E-state index is 12.3. The summed E-state index contributed by atoms with van der Waals surface area (Å²) in [6.07, 6.45) is 0. The van der Waals surface area contributed by atoms with E-state index in [1.165, 1.54) is 18.2 Å². The van der Waals surface area contributed by atoms with E-state index in [2.05, 4.69) is 5.32 Å². The predicted octanol–water partition coefficient (Wildman–Crippen LogP) is 2.59. The van der Waals surface area contributed by atoms with Gasteiger partial charge in [0.2, 0.25) is 5.76 Å². The zero-order valence-corrected chi connectivity index (χ0v) is 13.6. The van der Waals surface area contributed by atoms with Gasteiger partial charge in [-0.3, -0.25) is 4.79 Å². The highest BCUT2D eigenvalue weighted by molar-refractivity contribution is 6.31. The van der Waals surface area contributed by atoms with Gasteiger partial charge in [-0.2, -0.15) is 0 Å². The number of carbonyl (C=O) groups excluding carboxylic acids is 1. The van der Waals surface area contributed by atoms with Gasteiger partial charge in [-0.25, -0.2) is 4.79 Å². The molecule has 24 heavy (non-hydrogen) atoms. The number of hydrogen-bond donors (Lipinski definition) is 2. The molecule has 8 heteroatoms. The fourth-order valence-electron chi connectivity index (χ4n) is 1.89. The van der Waals surface area contributed by atoms with E-state index in [0.29, 0.717) is 29.7 Å². The first kappa shape index (κ1) is 17.8. The summed E-state index contributed by atoms with van der Waals surface area (Å²) in [5.41, 5.74) is 0.267. The van der Waals surface area contributed by atoms with Gasteiger partial charge in [0.15, 0.2) is 0 Å². The maximum atomic E-state index is 12.3. The zero-order valence-electron chi connectivity index (χ0n) is 12.9. The SMILES string of the molecule is COCCOc1ccc(Cl)cc1C(=O)NCc1ccc(C(=O)O)o1. The molecule has 7 nitrogen and oxygen atoms in total. The molecule has 0 fully saturated rings. The Hall–Kier alpha value is -2.51. The average molecular weight is 354 g/mol. The third-order valence-corrected chi connectivity index (χ3v) is 3.26. The maximum Gasteiger partial charge on any atom is 0.371 e. The lowest BCUT2D eigenvalue weighted by atomic mass is 10.2. The second-order valence-electron chi connectivity index (χ2n) is 4.74. The molecular weight excluding hydrogens is 338 g/mol. The van der Waals surface area contributed by atoms with Crippen LogP contribution in [-0.4, -0.2) is 37.3 Å². The minimum absolute atomic E-state index is 0.0378. The lowest BCUT2D eigenvalue weighted by molar-refractivity contribution is 0.0660. The van der Waals surface area contributed by atoms with Gasteiger partial charge in [-0.15, -0.1) is 0 Å². The van der Waals surface area contributed by atoms with Gasteiger partial charge in [-0.1, -0.05) is 11.6 Å². The van der Waals surface area contributed by atoms with Gasteiger partial charge in [0.25, 0.3) is 5.91 Å². The van der Waals surface area contributed by atoms with Crippen molar-refractivity contribution in [1.29, 1.82) is 0 Å². The minimum Gasteiger partial charge on any atom is -0.490 e. The first-order chi connectivity index (χ1) is 11.5. The fraction of sp³-hybridized carbons (Fsp3) is 0.250. The molecule has 2 aromatic rings. The summed E-state index contributed by atoms with van der Waals surface area (Å²) < 4.78 is 15.5. The second kappa shape index (κ2) is 8.37. The van der Waals surface area contributed by atoms with Crippen LogP contribution in [0.3, 0.4) is 0 Å². The van der Waals surface area contributed by atoms with Gasteiger partial charge in [0, 0.05) is 12.1 Å². The van der Waals surface area contributed by atoms with Crippen LogP contribution in [0.25, 0.3) is 0 Å². The lowest BCUT2D eigenvalue weighted by Gasteiger charge is -2.11. The molecule has 0 aliphatic rings. The van der Waals surface area contributed by atoms with Crippen molar-refractivity contribution in [2.45, 2.75) is 6.54 Å². The Labute approximate surface area is 143 Å². The number of rotatable bonds is 8. The van der Waals surface area contributed by atoms with Gasteiger partial charge in [0.1, 0.15) is 18.1 Å². The van der Waals surface area contributed by atoms with E-state index in [4.69, 9.17) is 30.6 Å². The van der Waals surface area contributed by atoms with Crippen LogP contribution >= 0.6 is 11.6 Å². The molecule has 0 unspecified atom stereocenters. The van der Waals surface area contributed by atoms with Gasteiger partial charge >= 0.3 is 5.97 Å². The van der Waals surface area contributed by atoms with E-state index >= 15 is 0 Å². The van der Waals surface area contributed by atoms with Gasteiger partial charge < -0.3 is 24.3 Å². The van der Waals surface area contributed by atoms with Crippen LogP contribution in [0, 0.1) is 0 Å². The van der Waals surface area contributed by atoms with Crippen molar-refractivity contribution in [3.05, 3.63) is 52.4 Å². The Morgan fingerprint density at radius 3 is 2.71 bits per heavy atom. The fourth-order valence-corrected chi connectivity index (χ4v) is 2.06. The Kier molecular flexibility index (Phi) is 6.22. The molecule has 2 N–H and O–H groups in total. The molecule has 2 rings (SSSR count). The number of amides is 1. The van der Waals surface area contributed by atoms with Crippen molar-refractivity contribution in [2.24, 2.45) is 0 Å². The number of ether oxygens (including phenoxy) is 2. The quantitative estimate of drug-likeness (QED) is 0.708. The van der Waals surface area contributed by atoms with E-state index in [-0.39, 0.29) is 17.9 Å². The highest BCUT2D eigenvalue weighted by atomic mass is 35.5. The summed E-state index contributed by atoms with van der Waals surface area (Å²) in [7, 11) is 1.55. The predicted molar refractivity (Wildman–Crippen MR) is 85.7 cm³/mol. The molecule has 0 spiro atoms. The van der Waals surface area contributed by atoms with Crippen molar-refractivity contribution in [3.63, 3.8) is 0 Å². The number of aromatic carboxylic acids is 1. The van der Waals surface area contributed by atoms with Crippen LogP contribution < -0.4 is 10.1 Å². The van der Waals surface area contributed by atoms with E-state index in [1.807, 2.05) is 0 Å². The van der Waals surface area contributed by atoms with E-state index in [9.17, 15) is 9.59 Å². The first-order valence-corrected chi connectivity index (χ1v) is 7.40. The van der Waals surface area contributed by atoms with Crippen molar-refractivity contribution in [3.8, 4) is 5.75 Å². The van der Waals surface area contributed by atoms with Crippen LogP contribution in [-0.2, 0) is 11.3 Å². The third-order valence-electron chi connectivity index (χ3n) is 3.03. The molecule has 0 aliphatic heterocycles. The largest absolute Gasteiger partial charge is 0.490 e. The monoisotopic (exact) mass is 353 g/mol. The first-order valence-electron chi connectivity index (χ1n) is 7.02. The number of furan rings is 1. The zero-order chi connectivity index (χ0) is 17.5. The summed E-state index contributed by atoms with van der Waals surface area (Å²) >= 11 is 5.93. The molecule has 0 bridgehead atoms. The highest BCUT2D eigenvalue weighted by Gasteiger charge is 2.15. The molecule has 128 valence electrons. The lowest BCUT2D eigenvalue weighted by Crippen LogP contribution is -2.23.